The molecular weight excluding hydrogens is 178 g/mol. The van der Waals surface area contributed by atoms with Crippen molar-refractivity contribution in [3.63, 3.8) is 0 Å². The summed E-state index contributed by atoms with van der Waals surface area (Å²) in [6.07, 6.45) is -0.612. The van der Waals surface area contributed by atoms with Crippen LogP contribution in [0.3, 0.4) is 0 Å². The van der Waals surface area contributed by atoms with Gasteiger partial charge in [-0.15, -0.1) is 0 Å². The Hall–Kier alpha value is -1.35. The molecular formula is C11H15NO2. The molecule has 0 amide bonds. The Kier molecular flexibility index (Phi) is 4.13. The second-order valence-electron chi connectivity index (χ2n) is 3.26. The van der Waals surface area contributed by atoms with Crippen LogP contribution in [0.5, 0.6) is 0 Å². The third kappa shape index (κ3) is 3.58. The maximum absolute atomic E-state index is 9.64. The Morgan fingerprint density at radius 1 is 1.36 bits per heavy atom. The molecule has 0 spiro atoms. The van der Waals surface area contributed by atoms with E-state index in [0.29, 0.717) is 0 Å². The van der Waals surface area contributed by atoms with Gasteiger partial charge in [-0.3, -0.25) is 0 Å². The molecule has 0 aliphatic rings. The van der Waals surface area contributed by atoms with Gasteiger partial charge in [0.25, 0.3) is 0 Å². The van der Waals surface area contributed by atoms with E-state index in [4.69, 9.17) is 4.84 Å². The lowest BCUT2D eigenvalue weighted by atomic mass is 10.1. The van der Waals surface area contributed by atoms with Crippen LogP contribution in [0.1, 0.15) is 25.5 Å². The van der Waals surface area contributed by atoms with Crippen LogP contribution in [-0.4, -0.2) is 17.4 Å². The Balaban J connectivity index is 2.43. The van der Waals surface area contributed by atoms with Gasteiger partial charge in [0.05, 0.1) is 5.71 Å². The number of nitrogens with zero attached hydrogens (tertiary/aromatic N) is 1. The van der Waals surface area contributed by atoms with Crippen molar-refractivity contribution in [2.75, 3.05) is 6.61 Å². The molecule has 14 heavy (non-hydrogen) atoms. The number of hydrogen-bond acceptors (Lipinski definition) is 3. The molecule has 0 saturated carbocycles. The van der Waals surface area contributed by atoms with E-state index in [-0.39, 0.29) is 6.61 Å². The van der Waals surface area contributed by atoms with Gasteiger partial charge in [-0.05, 0) is 19.4 Å². The summed E-state index contributed by atoms with van der Waals surface area (Å²) in [5.41, 5.74) is 1.68. The zero-order valence-corrected chi connectivity index (χ0v) is 8.47. The predicted molar refractivity (Wildman–Crippen MR) is 56.1 cm³/mol. The van der Waals surface area contributed by atoms with Crippen LogP contribution in [0.15, 0.2) is 35.5 Å². The normalized spacial score (nSPS) is 11.9. The molecule has 1 unspecified atom stereocenters. The minimum atomic E-state index is -0.612. The van der Waals surface area contributed by atoms with Crippen molar-refractivity contribution in [2.45, 2.75) is 20.0 Å². The first-order valence-corrected chi connectivity index (χ1v) is 4.56. The second kappa shape index (κ2) is 5.40. The zero-order chi connectivity index (χ0) is 10.4. The smallest absolute Gasteiger partial charge is 0.147 e. The molecule has 3 heteroatoms. The minimum absolute atomic E-state index is 0.190. The number of rotatable bonds is 4. The van der Waals surface area contributed by atoms with Crippen LogP contribution in [0.4, 0.5) is 0 Å². The van der Waals surface area contributed by atoms with Crippen LogP contribution < -0.4 is 0 Å². The summed E-state index contributed by atoms with van der Waals surface area (Å²) in [5.74, 6) is 0. The maximum Gasteiger partial charge on any atom is 0.147 e. The van der Waals surface area contributed by atoms with E-state index >= 15 is 0 Å². The monoisotopic (exact) mass is 193 g/mol. The number of oxime groups is 1. The standard InChI is InChI=1S/C11H15NO2/c1-9(2)12-14-8-11(13)10-6-4-3-5-7-10/h3-7,11,13H,8H2,1-2H3. The van der Waals surface area contributed by atoms with Gasteiger partial charge in [0.1, 0.15) is 12.7 Å². The largest absolute Gasteiger partial charge is 0.393 e. The maximum atomic E-state index is 9.64. The molecule has 1 N–H and O–H groups in total. The SMILES string of the molecule is CC(C)=NOCC(O)c1ccccc1. The summed E-state index contributed by atoms with van der Waals surface area (Å²) in [4.78, 5) is 4.95. The molecule has 3 nitrogen and oxygen atoms in total. The lowest BCUT2D eigenvalue weighted by molar-refractivity contribution is 0.0393. The third-order valence-electron chi connectivity index (χ3n) is 1.66. The molecule has 0 aromatic heterocycles. The van der Waals surface area contributed by atoms with Crippen molar-refractivity contribution >= 4 is 5.71 Å². The first kappa shape index (κ1) is 10.7. The summed E-state index contributed by atoms with van der Waals surface area (Å²) in [7, 11) is 0. The molecule has 1 aromatic rings. The molecule has 1 aromatic carbocycles. The van der Waals surface area contributed by atoms with Gasteiger partial charge in [0.2, 0.25) is 0 Å². The van der Waals surface area contributed by atoms with Gasteiger partial charge in [-0.1, -0.05) is 35.5 Å². The molecule has 0 radical (unpaired) electrons. The van der Waals surface area contributed by atoms with E-state index in [9.17, 15) is 5.11 Å². The molecule has 0 bridgehead atoms. The number of aliphatic hydroxyl groups excluding tert-OH is 1. The van der Waals surface area contributed by atoms with Gasteiger partial charge in [0, 0.05) is 0 Å². The molecule has 0 saturated heterocycles. The highest BCUT2D eigenvalue weighted by atomic mass is 16.6. The summed E-state index contributed by atoms with van der Waals surface area (Å²) in [5, 5.41) is 13.4. The average Bonchev–Trinajstić information content (AvgIpc) is 2.18. The van der Waals surface area contributed by atoms with E-state index < -0.39 is 6.10 Å². The van der Waals surface area contributed by atoms with Gasteiger partial charge in [-0.2, -0.15) is 0 Å². The highest BCUT2D eigenvalue weighted by Gasteiger charge is 2.06. The van der Waals surface area contributed by atoms with Gasteiger partial charge >= 0.3 is 0 Å². The lowest BCUT2D eigenvalue weighted by Crippen LogP contribution is -2.04. The molecule has 0 fully saturated rings. The summed E-state index contributed by atoms with van der Waals surface area (Å²) in [6, 6.07) is 9.39. The fraction of sp³-hybridized carbons (Fsp3) is 0.364. The topological polar surface area (TPSA) is 41.8 Å². The Morgan fingerprint density at radius 3 is 2.57 bits per heavy atom. The van der Waals surface area contributed by atoms with E-state index in [0.717, 1.165) is 11.3 Å². The van der Waals surface area contributed by atoms with Crippen molar-refractivity contribution in [3.8, 4) is 0 Å². The van der Waals surface area contributed by atoms with Crippen LogP contribution in [0.25, 0.3) is 0 Å². The fourth-order valence-corrected chi connectivity index (χ4v) is 1.01. The predicted octanol–water partition coefficient (Wildman–Crippen LogP) is 2.13. The van der Waals surface area contributed by atoms with E-state index in [2.05, 4.69) is 5.16 Å². The first-order valence-electron chi connectivity index (χ1n) is 4.56. The van der Waals surface area contributed by atoms with Crippen LogP contribution in [-0.2, 0) is 4.84 Å². The van der Waals surface area contributed by atoms with Crippen LogP contribution in [0.2, 0.25) is 0 Å². The van der Waals surface area contributed by atoms with Crippen molar-refractivity contribution < 1.29 is 9.94 Å². The summed E-state index contributed by atoms with van der Waals surface area (Å²) >= 11 is 0. The molecule has 0 aliphatic heterocycles. The number of benzene rings is 1. The number of hydrogen-bond donors (Lipinski definition) is 1. The van der Waals surface area contributed by atoms with E-state index in [1.807, 2.05) is 44.2 Å². The highest BCUT2D eigenvalue weighted by Crippen LogP contribution is 2.11. The Morgan fingerprint density at radius 2 is 2.00 bits per heavy atom. The Bertz CT molecular complexity index is 291. The quantitative estimate of drug-likeness (QED) is 0.588. The molecule has 1 atom stereocenters. The average molecular weight is 193 g/mol. The van der Waals surface area contributed by atoms with Crippen LogP contribution in [0, 0.1) is 0 Å². The fourth-order valence-electron chi connectivity index (χ4n) is 1.01. The summed E-state index contributed by atoms with van der Waals surface area (Å²) < 4.78 is 0. The highest BCUT2D eigenvalue weighted by molar-refractivity contribution is 5.78. The van der Waals surface area contributed by atoms with Crippen molar-refractivity contribution in [1.29, 1.82) is 0 Å². The van der Waals surface area contributed by atoms with Gasteiger partial charge in [0.15, 0.2) is 0 Å². The zero-order valence-electron chi connectivity index (χ0n) is 8.47. The van der Waals surface area contributed by atoms with E-state index in [1.165, 1.54) is 0 Å². The second-order valence-corrected chi connectivity index (χ2v) is 3.26. The van der Waals surface area contributed by atoms with Gasteiger partial charge < -0.3 is 9.94 Å². The van der Waals surface area contributed by atoms with Crippen molar-refractivity contribution in [2.24, 2.45) is 5.16 Å². The molecule has 0 heterocycles. The minimum Gasteiger partial charge on any atom is -0.393 e. The molecule has 0 aliphatic carbocycles. The summed E-state index contributed by atoms with van der Waals surface area (Å²) in [6.45, 7) is 3.87. The third-order valence-corrected chi connectivity index (χ3v) is 1.66. The molecule has 76 valence electrons. The Labute approximate surface area is 84.0 Å². The van der Waals surface area contributed by atoms with Crippen LogP contribution >= 0.6 is 0 Å². The lowest BCUT2D eigenvalue weighted by Gasteiger charge is -2.08. The van der Waals surface area contributed by atoms with Crippen molar-refractivity contribution in [3.05, 3.63) is 35.9 Å². The molecule has 1 rings (SSSR count). The van der Waals surface area contributed by atoms with Crippen molar-refractivity contribution in [1.82, 2.24) is 0 Å². The first-order chi connectivity index (χ1) is 6.70. The van der Waals surface area contributed by atoms with E-state index in [1.54, 1.807) is 0 Å². The number of aliphatic hydroxyl groups is 1. The van der Waals surface area contributed by atoms with Gasteiger partial charge in [-0.25, -0.2) is 0 Å².